The molecule has 2 saturated carbocycles. The highest BCUT2D eigenvalue weighted by molar-refractivity contribution is 6.07. The van der Waals surface area contributed by atoms with Gasteiger partial charge in [-0.15, -0.1) is 0 Å². The van der Waals surface area contributed by atoms with Crippen molar-refractivity contribution < 1.29 is 9.90 Å². The van der Waals surface area contributed by atoms with E-state index in [-0.39, 0.29) is 17.7 Å². The highest BCUT2D eigenvalue weighted by atomic mass is 16.3. The van der Waals surface area contributed by atoms with Crippen LogP contribution in [0.2, 0.25) is 0 Å². The molecule has 2 aliphatic rings. The van der Waals surface area contributed by atoms with E-state index in [2.05, 4.69) is 20.5 Å². The third-order valence-electron chi connectivity index (χ3n) is 6.77. The zero-order valence-corrected chi connectivity index (χ0v) is 16.4. The smallest absolute Gasteiger partial charge is 0.252 e. The molecule has 5 rings (SSSR count). The van der Waals surface area contributed by atoms with Crippen molar-refractivity contribution in [3.8, 4) is 17.0 Å². The summed E-state index contributed by atoms with van der Waals surface area (Å²) in [6, 6.07) is 8.74. The number of rotatable bonds is 4. The van der Waals surface area contributed by atoms with Gasteiger partial charge < -0.3 is 16.2 Å². The lowest BCUT2D eigenvalue weighted by Gasteiger charge is -2.31. The standard InChI is InChI=1S/C22H25N5O2/c1-11-19-16(22(29)25-20-14-3-2-13(8-14)17(20)10-23)9-18(24-21(19)27-26-11)12-4-6-15(28)7-5-12/h4-7,9,13-14,17,20,28H,2-3,8,10,23H2,1H3,(H,25,29)(H,24,26,27)/t13?,14-,17+,20+/m0/s1. The van der Waals surface area contributed by atoms with Crippen LogP contribution in [0.1, 0.15) is 35.3 Å². The van der Waals surface area contributed by atoms with Gasteiger partial charge in [0.1, 0.15) is 5.75 Å². The van der Waals surface area contributed by atoms with Crippen molar-refractivity contribution in [1.29, 1.82) is 0 Å². The summed E-state index contributed by atoms with van der Waals surface area (Å²) in [7, 11) is 0. The number of aromatic amines is 1. The van der Waals surface area contributed by atoms with Gasteiger partial charge in [-0.25, -0.2) is 4.98 Å². The van der Waals surface area contributed by atoms with Crippen LogP contribution in [0.15, 0.2) is 30.3 Å². The molecule has 0 saturated heterocycles. The maximum atomic E-state index is 13.4. The number of nitrogens with one attached hydrogen (secondary N) is 2. The number of carbonyl (C=O) groups is 1. The van der Waals surface area contributed by atoms with Crippen LogP contribution in [0.3, 0.4) is 0 Å². The molecule has 29 heavy (non-hydrogen) atoms. The van der Waals surface area contributed by atoms with Gasteiger partial charge in [0.25, 0.3) is 5.91 Å². The number of aromatic hydroxyl groups is 1. The quantitative estimate of drug-likeness (QED) is 0.546. The van der Waals surface area contributed by atoms with Gasteiger partial charge in [-0.05, 0) is 80.8 Å². The molecule has 150 valence electrons. The lowest BCUT2D eigenvalue weighted by Crippen LogP contribution is -2.46. The third-order valence-corrected chi connectivity index (χ3v) is 6.77. The summed E-state index contributed by atoms with van der Waals surface area (Å²) < 4.78 is 0. The third kappa shape index (κ3) is 2.97. The summed E-state index contributed by atoms with van der Waals surface area (Å²) in [5.74, 6) is 1.61. The van der Waals surface area contributed by atoms with E-state index in [0.29, 0.717) is 41.2 Å². The van der Waals surface area contributed by atoms with E-state index >= 15 is 0 Å². The minimum Gasteiger partial charge on any atom is -0.508 e. The van der Waals surface area contributed by atoms with Gasteiger partial charge in [0.05, 0.1) is 16.6 Å². The zero-order chi connectivity index (χ0) is 20.1. The highest BCUT2D eigenvalue weighted by Gasteiger charge is 2.47. The monoisotopic (exact) mass is 391 g/mol. The van der Waals surface area contributed by atoms with Gasteiger partial charge in [0.15, 0.2) is 5.65 Å². The first-order chi connectivity index (χ1) is 14.0. The number of fused-ring (bicyclic) bond motifs is 3. The zero-order valence-electron chi connectivity index (χ0n) is 16.4. The van der Waals surface area contributed by atoms with Crippen molar-refractivity contribution in [2.45, 2.75) is 32.2 Å². The van der Waals surface area contributed by atoms with Crippen molar-refractivity contribution in [2.24, 2.45) is 23.5 Å². The van der Waals surface area contributed by atoms with Crippen molar-refractivity contribution in [3.05, 3.63) is 41.6 Å². The highest BCUT2D eigenvalue weighted by Crippen LogP contribution is 2.48. The number of phenols is 1. The normalized spacial score (nSPS) is 25.6. The van der Waals surface area contributed by atoms with Crippen LogP contribution in [-0.4, -0.2) is 38.8 Å². The Balaban J connectivity index is 1.53. The second-order valence-electron chi connectivity index (χ2n) is 8.38. The van der Waals surface area contributed by atoms with Gasteiger partial charge in [-0.3, -0.25) is 9.89 Å². The summed E-state index contributed by atoms with van der Waals surface area (Å²) in [6.07, 6.45) is 3.56. The van der Waals surface area contributed by atoms with Crippen molar-refractivity contribution >= 4 is 16.9 Å². The van der Waals surface area contributed by atoms with Crippen LogP contribution in [0.4, 0.5) is 0 Å². The Bertz CT molecular complexity index is 1070. The molecule has 1 amide bonds. The second kappa shape index (κ2) is 6.84. The lowest BCUT2D eigenvalue weighted by molar-refractivity contribution is 0.0904. The first-order valence-electron chi connectivity index (χ1n) is 10.2. The molecular formula is C22H25N5O2. The SMILES string of the molecule is Cc1[nH]nc2nc(-c3ccc(O)cc3)cc(C(=O)N[C@@H]3[C@H]4CCC(C4)[C@H]3CN)c12. The summed E-state index contributed by atoms with van der Waals surface area (Å²) in [6.45, 7) is 2.51. The number of hydrogen-bond acceptors (Lipinski definition) is 5. The number of H-pyrrole nitrogens is 1. The molecule has 7 nitrogen and oxygen atoms in total. The van der Waals surface area contributed by atoms with Crippen LogP contribution in [0, 0.1) is 24.7 Å². The molecule has 4 atom stereocenters. The Hall–Kier alpha value is -2.93. The average molecular weight is 391 g/mol. The van der Waals surface area contributed by atoms with E-state index in [0.717, 1.165) is 16.6 Å². The Morgan fingerprint density at radius 1 is 1.28 bits per heavy atom. The molecule has 2 aromatic heterocycles. The number of nitrogens with zero attached hydrogens (tertiary/aromatic N) is 2. The fraction of sp³-hybridized carbons (Fsp3) is 0.409. The molecule has 2 bridgehead atoms. The molecule has 7 heteroatoms. The molecule has 3 aromatic rings. The van der Waals surface area contributed by atoms with E-state index in [9.17, 15) is 9.90 Å². The minimum atomic E-state index is -0.0991. The van der Waals surface area contributed by atoms with Gasteiger partial charge in [-0.2, -0.15) is 5.10 Å². The molecular weight excluding hydrogens is 366 g/mol. The maximum absolute atomic E-state index is 13.4. The fourth-order valence-corrected chi connectivity index (χ4v) is 5.34. The van der Waals surface area contributed by atoms with Crippen LogP contribution in [0.5, 0.6) is 5.75 Å². The predicted octanol–water partition coefficient (Wildman–Crippen LogP) is 2.74. The fourth-order valence-electron chi connectivity index (χ4n) is 5.34. The van der Waals surface area contributed by atoms with Gasteiger partial charge in [0.2, 0.25) is 0 Å². The molecule has 2 fully saturated rings. The number of amides is 1. The summed E-state index contributed by atoms with van der Waals surface area (Å²) >= 11 is 0. The Labute approximate surface area is 168 Å². The molecule has 0 radical (unpaired) electrons. The molecule has 0 spiro atoms. The molecule has 5 N–H and O–H groups in total. The Morgan fingerprint density at radius 2 is 2.03 bits per heavy atom. The van der Waals surface area contributed by atoms with Gasteiger partial charge in [0, 0.05) is 17.3 Å². The number of benzene rings is 1. The number of phenolic OH excluding ortho intramolecular Hbond substituents is 1. The predicted molar refractivity (Wildman–Crippen MR) is 110 cm³/mol. The largest absolute Gasteiger partial charge is 0.508 e. The van der Waals surface area contributed by atoms with E-state index < -0.39 is 0 Å². The second-order valence-corrected chi connectivity index (χ2v) is 8.38. The number of aryl methyl sites for hydroxylation is 1. The summed E-state index contributed by atoms with van der Waals surface area (Å²) in [5.41, 5.74) is 9.41. The van der Waals surface area contributed by atoms with E-state index in [1.54, 1.807) is 24.3 Å². The van der Waals surface area contributed by atoms with E-state index in [1.807, 2.05) is 13.0 Å². The number of hydrogen-bond donors (Lipinski definition) is 4. The van der Waals surface area contributed by atoms with E-state index in [1.165, 1.54) is 19.3 Å². The van der Waals surface area contributed by atoms with Crippen LogP contribution in [-0.2, 0) is 0 Å². The summed E-state index contributed by atoms with van der Waals surface area (Å²) in [4.78, 5) is 18.0. The first kappa shape index (κ1) is 18.1. The van der Waals surface area contributed by atoms with Crippen molar-refractivity contribution in [1.82, 2.24) is 20.5 Å². The Kier molecular flexibility index (Phi) is 4.28. The number of pyridine rings is 1. The minimum absolute atomic E-state index is 0.0991. The van der Waals surface area contributed by atoms with Crippen LogP contribution < -0.4 is 11.1 Å². The lowest BCUT2D eigenvalue weighted by atomic mass is 9.84. The van der Waals surface area contributed by atoms with Crippen LogP contribution in [0.25, 0.3) is 22.3 Å². The number of carbonyl (C=O) groups excluding carboxylic acids is 1. The first-order valence-corrected chi connectivity index (χ1v) is 10.2. The summed E-state index contributed by atoms with van der Waals surface area (Å²) in [5, 5.41) is 20.8. The molecule has 2 heterocycles. The average Bonchev–Trinajstić information content (AvgIpc) is 3.43. The van der Waals surface area contributed by atoms with E-state index in [4.69, 9.17) is 5.73 Å². The number of aromatic nitrogens is 3. The van der Waals surface area contributed by atoms with Crippen LogP contribution >= 0.6 is 0 Å². The van der Waals surface area contributed by atoms with Gasteiger partial charge in [-0.1, -0.05) is 0 Å². The maximum Gasteiger partial charge on any atom is 0.252 e. The number of nitrogens with two attached hydrogens (primary N) is 1. The van der Waals surface area contributed by atoms with Gasteiger partial charge >= 0.3 is 0 Å². The molecule has 1 unspecified atom stereocenters. The Morgan fingerprint density at radius 3 is 2.79 bits per heavy atom. The molecule has 1 aromatic carbocycles. The topological polar surface area (TPSA) is 117 Å². The molecule has 2 aliphatic carbocycles. The van der Waals surface area contributed by atoms with Crippen molar-refractivity contribution in [2.75, 3.05) is 6.54 Å². The molecule has 0 aliphatic heterocycles. The van der Waals surface area contributed by atoms with Crippen molar-refractivity contribution in [3.63, 3.8) is 0 Å².